The minimum absolute atomic E-state index is 0.0456. The molecule has 8 heteroatoms. The van der Waals surface area contributed by atoms with E-state index < -0.39 is 5.25 Å². The first-order valence-electron chi connectivity index (χ1n) is 6.82. The summed E-state index contributed by atoms with van der Waals surface area (Å²) in [6.07, 6.45) is 0.953. The van der Waals surface area contributed by atoms with Gasteiger partial charge in [-0.05, 0) is 24.6 Å². The van der Waals surface area contributed by atoms with E-state index in [2.05, 4.69) is 10.3 Å². The third kappa shape index (κ3) is 3.24. The van der Waals surface area contributed by atoms with Gasteiger partial charge in [0.15, 0.2) is 5.17 Å². The summed E-state index contributed by atoms with van der Waals surface area (Å²) in [7, 11) is 0. The number of hydrogen-bond acceptors (Lipinski definition) is 4. The summed E-state index contributed by atoms with van der Waals surface area (Å²) in [5.41, 5.74) is 0.449. The molecule has 22 heavy (non-hydrogen) atoms. The number of nitrogens with zero attached hydrogens (tertiary/aromatic N) is 2. The second-order valence-electron chi connectivity index (χ2n) is 4.99. The number of hydrogen-bond donors (Lipinski definition) is 1. The molecule has 1 saturated heterocycles. The van der Waals surface area contributed by atoms with Gasteiger partial charge in [0.1, 0.15) is 5.25 Å². The number of carbonyl (C=O) groups is 2. The van der Waals surface area contributed by atoms with Crippen molar-refractivity contribution >= 4 is 57.6 Å². The Bertz CT molecular complexity index is 665. The van der Waals surface area contributed by atoms with Crippen molar-refractivity contribution in [1.82, 2.24) is 4.90 Å². The van der Waals surface area contributed by atoms with Gasteiger partial charge < -0.3 is 5.32 Å². The molecule has 2 aliphatic heterocycles. The predicted molar refractivity (Wildman–Crippen MR) is 89.7 cm³/mol. The molecule has 0 saturated carbocycles. The van der Waals surface area contributed by atoms with Crippen LogP contribution in [0.15, 0.2) is 23.2 Å². The average Bonchev–Trinajstić information content (AvgIpc) is 2.80. The number of aliphatic imine (C=N–C) groups is 1. The zero-order valence-electron chi connectivity index (χ0n) is 11.5. The maximum atomic E-state index is 12.2. The second kappa shape index (κ2) is 6.48. The fourth-order valence-corrected chi connectivity index (χ4v) is 3.86. The highest BCUT2D eigenvalue weighted by atomic mass is 35.5. The van der Waals surface area contributed by atoms with Crippen molar-refractivity contribution in [2.45, 2.75) is 18.1 Å². The van der Waals surface area contributed by atoms with Crippen molar-refractivity contribution in [2.24, 2.45) is 4.99 Å². The summed E-state index contributed by atoms with van der Waals surface area (Å²) in [4.78, 5) is 30.4. The molecular weight excluding hydrogens is 345 g/mol. The number of carbonyl (C=O) groups excluding carboxylic acids is 2. The number of fused-ring (bicyclic) bond motifs is 1. The SMILES string of the molecule is O=C(CC1SC2=NCCCN2C1=O)Nc1cc(Cl)ccc1Cl. The number of amidine groups is 1. The van der Waals surface area contributed by atoms with E-state index in [0.29, 0.717) is 22.3 Å². The Morgan fingerprint density at radius 1 is 1.45 bits per heavy atom. The molecule has 1 unspecified atom stereocenters. The molecule has 2 aliphatic rings. The molecular formula is C14H13Cl2N3O2S. The van der Waals surface area contributed by atoms with Crippen LogP contribution in [0, 0.1) is 0 Å². The lowest BCUT2D eigenvalue weighted by Crippen LogP contribution is -2.36. The van der Waals surface area contributed by atoms with Gasteiger partial charge in [-0.15, -0.1) is 0 Å². The van der Waals surface area contributed by atoms with Crippen LogP contribution in [0.25, 0.3) is 0 Å². The van der Waals surface area contributed by atoms with Gasteiger partial charge in [0.05, 0.1) is 10.7 Å². The van der Waals surface area contributed by atoms with Crippen molar-refractivity contribution in [3.05, 3.63) is 28.2 Å². The molecule has 1 aromatic rings. The van der Waals surface area contributed by atoms with E-state index >= 15 is 0 Å². The largest absolute Gasteiger partial charge is 0.325 e. The van der Waals surface area contributed by atoms with E-state index in [1.807, 2.05) is 0 Å². The Morgan fingerprint density at radius 3 is 3.05 bits per heavy atom. The fourth-order valence-electron chi connectivity index (χ4n) is 2.33. The molecule has 2 amide bonds. The van der Waals surface area contributed by atoms with E-state index in [4.69, 9.17) is 23.2 Å². The number of rotatable bonds is 3. The van der Waals surface area contributed by atoms with Gasteiger partial charge in [0.25, 0.3) is 0 Å². The molecule has 0 radical (unpaired) electrons. The molecule has 0 bridgehead atoms. The van der Waals surface area contributed by atoms with E-state index in [1.54, 1.807) is 23.1 Å². The van der Waals surface area contributed by atoms with E-state index in [1.165, 1.54) is 11.8 Å². The Morgan fingerprint density at radius 2 is 2.27 bits per heavy atom. The normalized spacial score (nSPS) is 20.6. The minimum atomic E-state index is -0.421. The molecule has 116 valence electrons. The van der Waals surface area contributed by atoms with Crippen LogP contribution >= 0.6 is 35.0 Å². The highest BCUT2D eigenvalue weighted by Crippen LogP contribution is 2.32. The van der Waals surface area contributed by atoms with Gasteiger partial charge >= 0.3 is 0 Å². The molecule has 0 aliphatic carbocycles. The number of amides is 2. The fraction of sp³-hybridized carbons (Fsp3) is 0.357. The third-order valence-electron chi connectivity index (χ3n) is 3.38. The van der Waals surface area contributed by atoms with Gasteiger partial charge in [0, 0.05) is 24.5 Å². The van der Waals surface area contributed by atoms with Crippen molar-refractivity contribution < 1.29 is 9.59 Å². The van der Waals surface area contributed by atoms with Crippen LogP contribution in [0.4, 0.5) is 5.69 Å². The summed E-state index contributed by atoms with van der Waals surface area (Å²) >= 11 is 13.3. The Balaban J connectivity index is 1.65. The minimum Gasteiger partial charge on any atom is -0.325 e. The second-order valence-corrected chi connectivity index (χ2v) is 7.00. The van der Waals surface area contributed by atoms with E-state index in [0.717, 1.165) is 18.1 Å². The van der Waals surface area contributed by atoms with Crippen molar-refractivity contribution in [2.75, 3.05) is 18.4 Å². The van der Waals surface area contributed by atoms with Gasteiger partial charge in [-0.2, -0.15) is 0 Å². The standard InChI is InChI=1S/C14H13Cl2N3O2S/c15-8-2-3-9(16)10(6-8)18-12(20)7-11-13(21)19-5-1-4-17-14(19)22-11/h2-3,6,11H,1,4-5,7H2,(H,18,20). The Hall–Kier alpha value is -1.24. The summed E-state index contributed by atoms with van der Waals surface area (Å²) in [5.74, 6) is -0.314. The number of halogens is 2. The third-order valence-corrected chi connectivity index (χ3v) is 5.16. The van der Waals surface area contributed by atoms with Crippen LogP contribution < -0.4 is 5.32 Å². The van der Waals surface area contributed by atoms with Crippen molar-refractivity contribution in [3.63, 3.8) is 0 Å². The first-order chi connectivity index (χ1) is 10.5. The number of anilines is 1. The quantitative estimate of drug-likeness (QED) is 0.904. The van der Waals surface area contributed by atoms with Gasteiger partial charge in [-0.25, -0.2) is 0 Å². The molecule has 0 spiro atoms. The van der Waals surface area contributed by atoms with Gasteiger partial charge in [-0.1, -0.05) is 35.0 Å². The highest BCUT2D eigenvalue weighted by Gasteiger charge is 2.39. The molecule has 1 N–H and O–H groups in total. The number of benzene rings is 1. The molecule has 0 aromatic heterocycles. The van der Waals surface area contributed by atoms with Crippen LogP contribution in [-0.2, 0) is 9.59 Å². The Kier molecular flexibility index (Phi) is 4.61. The summed E-state index contributed by atoms with van der Waals surface area (Å²) in [6, 6.07) is 4.84. The average molecular weight is 358 g/mol. The molecule has 3 rings (SSSR count). The van der Waals surface area contributed by atoms with Crippen LogP contribution in [-0.4, -0.2) is 40.2 Å². The van der Waals surface area contributed by atoms with Crippen LogP contribution in [0.5, 0.6) is 0 Å². The van der Waals surface area contributed by atoms with Gasteiger partial charge in [-0.3, -0.25) is 19.5 Å². The van der Waals surface area contributed by atoms with Crippen LogP contribution in [0.1, 0.15) is 12.8 Å². The van der Waals surface area contributed by atoms with E-state index in [9.17, 15) is 9.59 Å². The molecule has 1 aromatic carbocycles. The smallest absolute Gasteiger partial charge is 0.242 e. The van der Waals surface area contributed by atoms with Crippen molar-refractivity contribution in [1.29, 1.82) is 0 Å². The maximum Gasteiger partial charge on any atom is 0.242 e. The lowest BCUT2D eigenvalue weighted by molar-refractivity contribution is -0.128. The monoisotopic (exact) mass is 357 g/mol. The van der Waals surface area contributed by atoms with Gasteiger partial charge in [0.2, 0.25) is 11.8 Å². The first-order valence-corrected chi connectivity index (χ1v) is 8.45. The van der Waals surface area contributed by atoms with Crippen LogP contribution in [0.3, 0.4) is 0 Å². The predicted octanol–water partition coefficient (Wildman–Crippen LogP) is 3.03. The summed E-state index contributed by atoms with van der Waals surface area (Å²) in [6.45, 7) is 1.42. The highest BCUT2D eigenvalue weighted by molar-refractivity contribution is 8.15. The lowest BCUT2D eigenvalue weighted by Gasteiger charge is -2.19. The Labute approximate surface area is 142 Å². The number of nitrogens with one attached hydrogen (secondary N) is 1. The maximum absolute atomic E-state index is 12.2. The van der Waals surface area contributed by atoms with Crippen LogP contribution in [0.2, 0.25) is 10.0 Å². The molecule has 2 heterocycles. The summed E-state index contributed by atoms with van der Waals surface area (Å²) < 4.78 is 0. The first kappa shape index (κ1) is 15.6. The summed E-state index contributed by atoms with van der Waals surface area (Å²) in [5, 5.41) is 3.90. The number of thioether (sulfide) groups is 1. The zero-order valence-corrected chi connectivity index (χ0v) is 13.8. The molecule has 5 nitrogen and oxygen atoms in total. The molecule has 1 atom stereocenters. The lowest BCUT2D eigenvalue weighted by atomic mass is 10.2. The topological polar surface area (TPSA) is 61.8 Å². The van der Waals surface area contributed by atoms with E-state index in [-0.39, 0.29) is 18.2 Å². The zero-order chi connectivity index (χ0) is 15.7. The van der Waals surface area contributed by atoms with Crippen molar-refractivity contribution in [3.8, 4) is 0 Å². The molecule has 1 fully saturated rings.